The zero-order valence-corrected chi connectivity index (χ0v) is 13.9. The highest BCUT2D eigenvalue weighted by atomic mass is 35.5. The second kappa shape index (κ2) is 8.30. The van der Waals surface area contributed by atoms with Crippen LogP contribution in [0.2, 0.25) is 10.0 Å². The summed E-state index contributed by atoms with van der Waals surface area (Å²) in [6.07, 6.45) is 0. The molecule has 1 heterocycles. The molecule has 0 atom stereocenters. The van der Waals surface area contributed by atoms with E-state index in [1.165, 1.54) is 5.52 Å². The van der Waals surface area contributed by atoms with Gasteiger partial charge in [-0.3, -0.25) is 0 Å². The van der Waals surface area contributed by atoms with Crippen molar-refractivity contribution >= 4 is 46.5 Å². The molecule has 1 aromatic heterocycles. The monoisotopic (exact) mass is 342 g/mol. The molecule has 0 spiro atoms. The van der Waals surface area contributed by atoms with Crippen LogP contribution in [0.25, 0.3) is 10.9 Å². The molecule has 0 radical (unpaired) electrons. The molecule has 0 saturated heterocycles. The quantitative estimate of drug-likeness (QED) is 0.658. The average Bonchev–Trinajstić information content (AvgIpc) is 2.76. The summed E-state index contributed by atoms with van der Waals surface area (Å²) in [4.78, 5) is 0. The summed E-state index contributed by atoms with van der Waals surface area (Å²) >= 11 is 11.4. The van der Waals surface area contributed by atoms with E-state index in [0.29, 0.717) is 6.54 Å². The summed E-state index contributed by atoms with van der Waals surface area (Å²) in [6.45, 7) is 0.558. The van der Waals surface area contributed by atoms with Gasteiger partial charge in [0.2, 0.25) is 0 Å². The lowest BCUT2D eigenvalue weighted by Crippen LogP contribution is -2.02. The van der Waals surface area contributed by atoms with Crippen LogP contribution in [-0.2, 0) is 13.6 Å². The van der Waals surface area contributed by atoms with Gasteiger partial charge in [0.15, 0.2) is 0 Å². The molecule has 112 valence electrons. The summed E-state index contributed by atoms with van der Waals surface area (Å²) in [6, 6.07) is 17.4. The van der Waals surface area contributed by atoms with Crippen LogP contribution < -0.4 is 5.73 Å². The van der Waals surface area contributed by atoms with Crippen LogP contribution in [0.5, 0.6) is 0 Å². The molecule has 0 aliphatic heterocycles. The van der Waals surface area contributed by atoms with E-state index < -0.39 is 0 Å². The summed E-state index contributed by atoms with van der Waals surface area (Å²) in [5.41, 5.74) is 7.89. The summed E-state index contributed by atoms with van der Waals surface area (Å²) in [5.74, 6) is 0. The molecule has 2 nitrogen and oxygen atoms in total. The van der Waals surface area contributed by atoms with Crippen LogP contribution in [0.4, 0.5) is 0 Å². The van der Waals surface area contributed by atoms with Gasteiger partial charge >= 0.3 is 0 Å². The van der Waals surface area contributed by atoms with Gasteiger partial charge < -0.3 is 10.3 Å². The van der Waals surface area contributed by atoms with Crippen LogP contribution >= 0.6 is 35.6 Å². The highest BCUT2D eigenvalue weighted by molar-refractivity contribution is 6.31. The lowest BCUT2D eigenvalue weighted by atomic mass is 10.2. The fraction of sp³-hybridized carbons (Fsp3) is 0.125. The fourth-order valence-electron chi connectivity index (χ4n) is 1.99. The minimum absolute atomic E-state index is 0. The van der Waals surface area contributed by atoms with Gasteiger partial charge in [-0.1, -0.05) is 41.4 Å². The minimum Gasteiger partial charge on any atom is -0.346 e. The normalized spacial score (nSPS) is 9.71. The number of aryl methyl sites for hydroxylation is 1. The van der Waals surface area contributed by atoms with Crippen molar-refractivity contribution in [1.29, 1.82) is 0 Å². The zero-order valence-electron chi connectivity index (χ0n) is 11.6. The molecule has 0 aliphatic rings. The van der Waals surface area contributed by atoms with E-state index in [4.69, 9.17) is 28.9 Å². The van der Waals surface area contributed by atoms with E-state index in [1.807, 2.05) is 55.6 Å². The first-order valence-electron chi connectivity index (χ1n) is 6.26. The molecule has 5 heteroatoms. The Hall–Kier alpha value is -1.19. The molecule has 0 fully saturated rings. The predicted octanol–water partition coefficient (Wildman–Crippen LogP) is 5.05. The number of fused-ring (bicyclic) bond motifs is 1. The average molecular weight is 344 g/mol. The lowest BCUT2D eigenvalue weighted by molar-refractivity contribution is 0.849. The number of nitrogens with zero attached hydrogens (tertiary/aromatic N) is 1. The van der Waals surface area contributed by atoms with Gasteiger partial charge in [-0.15, -0.1) is 12.4 Å². The van der Waals surface area contributed by atoms with E-state index >= 15 is 0 Å². The van der Waals surface area contributed by atoms with Gasteiger partial charge in [-0.2, -0.15) is 0 Å². The Kier molecular flexibility index (Phi) is 7.06. The van der Waals surface area contributed by atoms with Crippen molar-refractivity contribution in [3.8, 4) is 0 Å². The van der Waals surface area contributed by atoms with Crippen molar-refractivity contribution in [2.45, 2.75) is 6.54 Å². The second-order valence-electron chi connectivity index (χ2n) is 4.40. The third kappa shape index (κ3) is 4.65. The molecule has 3 aromatic rings. The number of hydrogen-bond acceptors (Lipinski definition) is 1. The standard InChI is InChI=1S/C10H11ClN2.C6H5Cl.ClH/c1-13-9(6-12)5-7-4-8(11)2-3-10(7)13;7-6-4-2-1-3-5-6;/h2-5H,6,12H2,1H3;1-5H;1H. The van der Waals surface area contributed by atoms with E-state index in [0.717, 1.165) is 21.1 Å². The van der Waals surface area contributed by atoms with Gasteiger partial charge in [0.25, 0.3) is 0 Å². The molecular formula is C16H17Cl3N2. The van der Waals surface area contributed by atoms with Crippen LogP contribution in [-0.4, -0.2) is 4.57 Å². The highest BCUT2D eigenvalue weighted by Crippen LogP contribution is 2.22. The summed E-state index contributed by atoms with van der Waals surface area (Å²) in [7, 11) is 2.01. The molecule has 0 amide bonds. The van der Waals surface area contributed by atoms with Crippen LogP contribution in [0, 0.1) is 0 Å². The van der Waals surface area contributed by atoms with Crippen molar-refractivity contribution in [3.05, 3.63) is 70.3 Å². The molecule has 0 unspecified atom stereocenters. The Balaban J connectivity index is 0.000000236. The largest absolute Gasteiger partial charge is 0.346 e. The smallest absolute Gasteiger partial charge is 0.0481 e. The van der Waals surface area contributed by atoms with Crippen molar-refractivity contribution in [3.63, 3.8) is 0 Å². The summed E-state index contributed by atoms with van der Waals surface area (Å²) in [5, 5.41) is 2.71. The molecule has 21 heavy (non-hydrogen) atoms. The maximum Gasteiger partial charge on any atom is 0.0481 e. The van der Waals surface area contributed by atoms with Crippen LogP contribution in [0.15, 0.2) is 54.6 Å². The van der Waals surface area contributed by atoms with Crippen molar-refractivity contribution in [2.24, 2.45) is 12.8 Å². The van der Waals surface area contributed by atoms with E-state index in [2.05, 4.69) is 10.6 Å². The van der Waals surface area contributed by atoms with Crippen LogP contribution in [0.1, 0.15) is 5.69 Å². The third-order valence-electron chi connectivity index (χ3n) is 3.05. The van der Waals surface area contributed by atoms with E-state index in [9.17, 15) is 0 Å². The Bertz CT molecular complexity index is 693. The maximum absolute atomic E-state index is 5.88. The van der Waals surface area contributed by atoms with Crippen molar-refractivity contribution in [2.75, 3.05) is 0 Å². The zero-order chi connectivity index (χ0) is 14.5. The van der Waals surface area contributed by atoms with E-state index in [-0.39, 0.29) is 12.4 Å². The fourth-order valence-corrected chi connectivity index (χ4v) is 2.31. The predicted molar refractivity (Wildman–Crippen MR) is 94.5 cm³/mol. The van der Waals surface area contributed by atoms with Crippen molar-refractivity contribution in [1.82, 2.24) is 4.57 Å². The first-order valence-corrected chi connectivity index (χ1v) is 7.02. The highest BCUT2D eigenvalue weighted by Gasteiger charge is 2.03. The number of halogens is 3. The number of rotatable bonds is 1. The SMILES string of the molecule is Cl.Clc1ccccc1.Cn1c(CN)cc2cc(Cl)ccc21. The van der Waals surface area contributed by atoms with Gasteiger partial charge in [-0.25, -0.2) is 0 Å². The second-order valence-corrected chi connectivity index (χ2v) is 5.27. The van der Waals surface area contributed by atoms with Gasteiger partial charge in [-0.05, 0) is 36.4 Å². The molecule has 2 N–H and O–H groups in total. The maximum atomic E-state index is 5.88. The Morgan fingerprint density at radius 1 is 0.952 bits per heavy atom. The van der Waals surface area contributed by atoms with E-state index in [1.54, 1.807) is 0 Å². The van der Waals surface area contributed by atoms with Gasteiger partial charge in [0.1, 0.15) is 0 Å². The van der Waals surface area contributed by atoms with Gasteiger partial charge in [0, 0.05) is 40.2 Å². The molecule has 2 aromatic carbocycles. The number of benzene rings is 2. The van der Waals surface area contributed by atoms with Crippen molar-refractivity contribution < 1.29 is 0 Å². The Morgan fingerprint density at radius 3 is 2.14 bits per heavy atom. The minimum atomic E-state index is 0. The Labute approximate surface area is 140 Å². The molecule has 0 bridgehead atoms. The number of hydrogen-bond donors (Lipinski definition) is 1. The van der Waals surface area contributed by atoms with Gasteiger partial charge in [0.05, 0.1) is 0 Å². The number of aromatic nitrogens is 1. The first kappa shape index (κ1) is 17.9. The lowest BCUT2D eigenvalue weighted by Gasteiger charge is -1.99. The summed E-state index contributed by atoms with van der Waals surface area (Å²) < 4.78 is 2.09. The Morgan fingerprint density at radius 2 is 1.62 bits per heavy atom. The molecule has 0 saturated carbocycles. The van der Waals surface area contributed by atoms with Crippen LogP contribution in [0.3, 0.4) is 0 Å². The topological polar surface area (TPSA) is 30.9 Å². The number of nitrogens with two attached hydrogens (primary N) is 1. The molecule has 0 aliphatic carbocycles. The first-order chi connectivity index (χ1) is 9.61. The molecule has 3 rings (SSSR count). The molecular weight excluding hydrogens is 327 g/mol. The third-order valence-corrected chi connectivity index (χ3v) is 3.53.